The zero-order chi connectivity index (χ0) is 19.4. The molecule has 0 spiro atoms. The van der Waals surface area contributed by atoms with Crippen molar-refractivity contribution in [3.63, 3.8) is 0 Å². The van der Waals surface area contributed by atoms with Gasteiger partial charge >= 0.3 is 0 Å². The molecule has 0 unspecified atom stereocenters. The topological polar surface area (TPSA) is 71.3 Å². The summed E-state index contributed by atoms with van der Waals surface area (Å²) in [6.45, 7) is 6.62. The maximum atomic E-state index is 12.4. The SMILES string of the molecule is Cc1cccc(-c2nnc(CN(C)CC(=O)Nc3c(C)cccc3C)o2)c1. The standard InChI is InChI=1S/C21H24N4O2/c1-14-7-5-10-17(11-14)21-24-23-19(27-21)13-25(4)12-18(26)22-20-15(2)8-6-9-16(20)3/h5-11H,12-13H2,1-4H3,(H,22,26). The molecule has 0 aliphatic heterocycles. The van der Waals surface area contributed by atoms with E-state index >= 15 is 0 Å². The van der Waals surface area contributed by atoms with Crippen LogP contribution in [-0.2, 0) is 11.3 Å². The van der Waals surface area contributed by atoms with E-state index in [0.717, 1.165) is 27.9 Å². The molecule has 0 bridgehead atoms. The highest BCUT2D eigenvalue weighted by Gasteiger charge is 2.14. The zero-order valence-corrected chi connectivity index (χ0v) is 16.1. The minimum absolute atomic E-state index is 0.0756. The van der Waals surface area contributed by atoms with Crippen LogP contribution in [0, 0.1) is 20.8 Å². The van der Waals surface area contributed by atoms with E-state index in [1.54, 1.807) is 0 Å². The average Bonchev–Trinajstić information content (AvgIpc) is 3.06. The number of para-hydroxylation sites is 1. The molecule has 0 atom stereocenters. The van der Waals surface area contributed by atoms with Crippen molar-refractivity contribution in [2.24, 2.45) is 0 Å². The van der Waals surface area contributed by atoms with Crippen molar-refractivity contribution in [1.29, 1.82) is 0 Å². The molecule has 1 heterocycles. The predicted molar refractivity (Wildman–Crippen MR) is 105 cm³/mol. The molecule has 140 valence electrons. The maximum absolute atomic E-state index is 12.4. The second kappa shape index (κ2) is 8.14. The predicted octanol–water partition coefficient (Wildman–Crippen LogP) is 3.73. The lowest BCUT2D eigenvalue weighted by Crippen LogP contribution is -2.30. The smallest absolute Gasteiger partial charge is 0.247 e. The Labute approximate surface area is 159 Å². The Morgan fingerprint density at radius 2 is 1.78 bits per heavy atom. The van der Waals surface area contributed by atoms with Crippen molar-refractivity contribution < 1.29 is 9.21 Å². The highest BCUT2D eigenvalue weighted by atomic mass is 16.4. The minimum Gasteiger partial charge on any atom is -0.419 e. The average molecular weight is 364 g/mol. The van der Waals surface area contributed by atoms with Gasteiger partial charge in [0.1, 0.15) is 0 Å². The summed E-state index contributed by atoms with van der Waals surface area (Å²) in [5.41, 5.74) is 4.99. The number of carbonyl (C=O) groups is 1. The largest absolute Gasteiger partial charge is 0.419 e. The Kier molecular flexibility index (Phi) is 5.66. The van der Waals surface area contributed by atoms with Gasteiger partial charge in [0.2, 0.25) is 17.7 Å². The number of likely N-dealkylation sites (N-methyl/N-ethyl adjacent to an activating group) is 1. The minimum atomic E-state index is -0.0756. The number of benzene rings is 2. The molecule has 3 rings (SSSR count). The lowest BCUT2D eigenvalue weighted by Gasteiger charge is -2.16. The third kappa shape index (κ3) is 4.80. The molecule has 27 heavy (non-hydrogen) atoms. The third-order valence-electron chi connectivity index (χ3n) is 4.30. The van der Waals surface area contributed by atoms with E-state index in [2.05, 4.69) is 15.5 Å². The van der Waals surface area contributed by atoms with Crippen LogP contribution in [0.15, 0.2) is 46.9 Å². The summed E-state index contributed by atoms with van der Waals surface area (Å²) in [6, 6.07) is 13.9. The number of carbonyl (C=O) groups excluding carboxylic acids is 1. The summed E-state index contributed by atoms with van der Waals surface area (Å²) in [7, 11) is 1.85. The van der Waals surface area contributed by atoms with Gasteiger partial charge in [0, 0.05) is 11.3 Å². The van der Waals surface area contributed by atoms with Gasteiger partial charge in [0.15, 0.2) is 0 Å². The number of hydrogen-bond donors (Lipinski definition) is 1. The molecular weight excluding hydrogens is 340 g/mol. The number of hydrogen-bond acceptors (Lipinski definition) is 5. The number of aromatic nitrogens is 2. The molecule has 3 aromatic rings. The lowest BCUT2D eigenvalue weighted by molar-refractivity contribution is -0.117. The molecule has 0 aliphatic carbocycles. The second-order valence-electron chi connectivity index (χ2n) is 6.86. The van der Waals surface area contributed by atoms with Gasteiger partial charge in [-0.3, -0.25) is 9.69 Å². The first kappa shape index (κ1) is 18.8. The van der Waals surface area contributed by atoms with E-state index in [1.807, 2.05) is 75.2 Å². The molecule has 0 radical (unpaired) electrons. The molecule has 6 nitrogen and oxygen atoms in total. The molecule has 0 aliphatic rings. The van der Waals surface area contributed by atoms with Crippen molar-refractivity contribution in [2.45, 2.75) is 27.3 Å². The van der Waals surface area contributed by atoms with Gasteiger partial charge in [-0.25, -0.2) is 0 Å². The van der Waals surface area contributed by atoms with Crippen LogP contribution in [0.1, 0.15) is 22.6 Å². The van der Waals surface area contributed by atoms with Crippen LogP contribution in [0.2, 0.25) is 0 Å². The molecule has 1 N–H and O–H groups in total. The van der Waals surface area contributed by atoms with Gasteiger partial charge in [0.05, 0.1) is 13.1 Å². The highest BCUT2D eigenvalue weighted by Crippen LogP contribution is 2.20. The van der Waals surface area contributed by atoms with Crippen LogP contribution in [0.3, 0.4) is 0 Å². The van der Waals surface area contributed by atoms with E-state index in [0.29, 0.717) is 18.3 Å². The second-order valence-corrected chi connectivity index (χ2v) is 6.86. The fraction of sp³-hybridized carbons (Fsp3) is 0.286. The highest BCUT2D eigenvalue weighted by molar-refractivity contribution is 5.93. The van der Waals surface area contributed by atoms with E-state index in [-0.39, 0.29) is 12.5 Å². The third-order valence-corrected chi connectivity index (χ3v) is 4.30. The molecule has 0 fully saturated rings. The maximum Gasteiger partial charge on any atom is 0.247 e. The quantitative estimate of drug-likeness (QED) is 0.721. The number of rotatable bonds is 6. The van der Waals surface area contributed by atoms with Crippen molar-refractivity contribution in [3.8, 4) is 11.5 Å². The van der Waals surface area contributed by atoms with E-state index in [1.165, 1.54) is 0 Å². The first-order chi connectivity index (χ1) is 12.9. The van der Waals surface area contributed by atoms with Crippen LogP contribution >= 0.6 is 0 Å². The van der Waals surface area contributed by atoms with Gasteiger partial charge in [-0.15, -0.1) is 10.2 Å². The van der Waals surface area contributed by atoms with Crippen molar-refractivity contribution in [1.82, 2.24) is 15.1 Å². The van der Waals surface area contributed by atoms with Crippen molar-refractivity contribution in [3.05, 3.63) is 65.0 Å². The summed E-state index contributed by atoms with van der Waals surface area (Å²) < 4.78 is 5.74. The number of aryl methyl sites for hydroxylation is 3. The number of amides is 1. The van der Waals surface area contributed by atoms with Crippen LogP contribution in [0.25, 0.3) is 11.5 Å². The van der Waals surface area contributed by atoms with E-state index in [9.17, 15) is 4.79 Å². The molecule has 6 heteroatoms. The Morgan fingerprint density at radius 3 is 2.48 bits per heavy atom. The zero-order valence-electron chi connectivity index (χ0n) is 16.1. The van der Waals surface area contributed by atoms with Crippen molar-refractivity contribution >= 4 is 11.6 Å². The Hall–Kier alpha value is -2.99. The number of nitrogens with one attached hydrogen (secondary N) is 1. The van der Waals surface area contributed by atoms with Gasteiger partial charge in [0.25, 0.3) is 0 Å². The van der Waals surface area contributed by atoms with E-state index in [4.69, 9.17) is 4.42 Å². The number of anilines is 1. The summed E-state index contributed by atoms with van der Waals surface area (Å²) in [5.74, 6) is 0.893. The van der Waals surface area contributed by atoms with Crippen LogP contribution in [0.4, 0.5) is 5.69 Å². The fourth-order valence-electron chi connectivity index (χ4n) is 2.93. The Morgan fingerprint density at radius 1 is 1.07 bits per heavy atom. The molecular formula is C21H24N4O2. The molecule has 1 aromatic heterocycles. The molecule has 1 amide bonds. The monoisotopic (exact) mass is 364 g/mol. The van der Waals surface area contributed by atoms with Crippen molar-refractivity contribution in [2.75, 3.05) is 18.9 Å². The van der Waals surface area contributed by atoms with Gasteiger partial charge in [-0.2, -0.15) is 0 Å². The Bertz CT molecular complexity index is 929. The van der Waals surface area contributed by atoms with Gasteiger partial charge < -0.3 is 9.73 Å². The van der Waals surface area contributed by atoms with E-state index < -0.39 is 0 Å². The summed E-state index contributed by atoms with van der Waals surface area (Å²) in [4.78, 5) is 14.2. The van der Waals surface area contributed by atoms with Crippen LogP contribution in [-0.4, -0.2) is 34.6 Å². The fourth-order valence-corrected chi connectivity index (χ4v) is 2.93. The first-order valence-corrected chi connectivity index (χ1v) is 8.86. The molecule has 0 saturated carbocycles. The molecule has 0 saturated heterocycles. The van der Waals surface area contributed by atoms with Crippen LogP contribution < -0.4 is 5.32 Å². The Balaban J connectivity index is 1.59. The normalized spacial score (nSPS) is 11.0. The van der Waals surface area contributed by atoms with Gasteiger partial charge in [-0.1, -0.05) is 35.9 Å². The number of nitrogens with zero attached hydrogens (tertiary/aromatic N) is 3. The van der Waals surface area contributed by atoms with Crippen LogP contribution in [0.5, 0.6) is 0 Å². The summed E-state index contributed by atoms with van der Waals surface area (Å²) >= 11 is 0. The molecule has 2 aromatic carbocycles. The van der Waals surface area contributed by atoms with Gasteiger partial charge in [-0.05, 0) is 51.1 Å². The summed E-state index contributed by atoms with van der Waals surface area (Å²) in [6.07, 6.45) is 0. The summed E-state index contributed by atoms with van der Waals surface area (Å²) in [5, 5.41) is 11.2. The lowest BCUT2D eigenvalue weighted by atomic mass is 10.1. The first-order valence-electron chi connectivity index (χ1n) is 8.86.